The minimum absolute atomic E-state index is 0.0109. The maximum Gasteiger partial charge on any atom is 0.253 e. The first-order valence-electron chi connectivity index (χ1n) is 9.62. The van der Waals surface area contributed by atoms with E-state index in [0.29, 0.717) is 24.2 Å². The number of hydrogen-bond donors (Lipinski definition) is 2. The van der Waals surface area contributed by atoms with Crippen molar-refractivity contribution in [2.75, 3.05) is 12.4 Å². The zero-order chi connectivity index (χ0) is 20.8. The molecule has 0 radical (unpaired) electrons. The zero-order valence-corrected chi connectivity index (χ0v) is 16.9. The van der Waals surface area contributed by atoms with E-state index in [2.05, 4.69) is 15.6 Å². The Balaban J connectivity index is 1.71. The Morgan fingerprint density at radius 2 is 1.93 bits per heavy atom. The SMILES string of the molecule is CCCC(=O)Nc1cccc(CNC(=O)c2cc3ccc(OC)cc3nc2C)c1. The fraction of sp³-hybridized carbons (Fsp3) is 0.261. The molecule has 1 heterocycles. The average Bonchev–Trinajstić information content (AvgIpc) is 2.71. The predicted molar refractivity (Wildman–Crippen MR) is 114 cm³/mol. The topological polar surface area (TPSA) is 80.3 Å². The van der Waals surface area contributed by atoms with Gasteiger partial charge in [0, 0.05) is 30.1 Å². The van der Waals surface area contributed by atoms with Gasteiger partial charge >= 0.3 is 0 Å². The monoisotopic (exact) mass is 391 g/mol. The Bertz CT molecular complexity index is 1050. The van der Waals surface area contributed by atoms with Crippen LogP contribution < -0.4 is 15.4 Å². The number of aryl methyl sites for hydroxylation is 1. The standard InChI is InChI=1S/C23H25N3O3/c1-4-6-22(27)26-18-8-5-7-16(11-18)14-24-23(28)20-12-17-9-10-19(29-3)13-21(17)25-15(20)2/h5,7-13H,4,6,14H2,1-3H3,(H,24,28)(H,26,27). The molecule has 0 saturated carbocycles. The Morgan fingerprint density at radius 3 is 2.69 bits per heavy atom. The molecule has 0 atom stereocenters. The summed E-state index contributed by atoms with van der Waals surface area (Å²) >= 11 is 0. The molecule has 0 aliphatic rings. The largest absolute Gasteiger partial charge is 0.497 e. The molecule has 3 aromatic rings. The minimum atomic E-state index is -0.187. The second-order valence-electron chi connectivity index (χ2n) is 6.86. The number of rotatable bonds is 7. The molecule has 3 rings (SSSR count). The van der Waals surface area contributed by atoms with Gasteiger partial charge in [0.05, 0.1) is 23.9 Å². The molecule has 1 aromatic heterocycles. The van der Waals surface area contributed by atoms with Crippen molar-refractivity contribution < 1.29 is 14.3 Å². The van der Waals surface area contributed by atoms with Crippen molar-refractivity contribution in [3.05, 3.63) is 65.4 Å². The van der Waals surface area contributed by atoms with Crippen LogP contribution >= 0.6 is 0 Å². The van der Waals surface area contributed by atoms with Crippen molar-refractivity contribution in [3.63, 3.8) is 0 Å². The van der Waals surface area contributed by atoms with Crippen molar-refractivity contribution >= 4 is 28.4 Å². The maximum atomic E-state index is 12.7. The van der Waals surface area contributed by atoms with Gasteiger partial charge in [-0.2, -0.15) is 0 Å². The van der Waals surface area contributed by atoms with Crippen LogP contribution in [-0.4, -0.2) is 23.9 Å². The molecule has 0 aliphatic carbocycles. The number of hydrogen-bond acceptors (Lipinski definition) is 4. The van der Waals surface area contributed by atoms with Gasteiger partial charge in [-0.05, 0) is 49.2 Å². The highest BCUT2D eigenvalue weighted by Crippen LogP contribution is 2.22. The van der Waals surface area contributed by atoms with E-state index in [9.17, 15) is 9.59 Å². The molecular weight excluding hydrogens is 366 g/mol. The molecule has 2 aromatic carbocycles. The third kappa shape index (κ3) is 5.10. The second-order valence-corrected chi connectivity index (χ2v) is 6.86. The summed E-state index contributed by atoms with van der Waals surface area (Å²) in [7, 11) is 1.61. The Hall–Kier alpha value is -3.41. The number of nitrogens with one attached hydrogen (secondary N) is 2. The van der Waals surface area contributed by atoms with E-state index in [1.807, 2.05) is 62.4 Å². The first-order chi connectivity index (χ1) is 14.0. The summed E-state index contributed by atoms with van der Waals surface area (Å²) < 4.78 is 5.23. The number of amides is 2. The van der Waals surface area contributed by atoms with E-state index in [0.717, 1.165) is 34.3 Å². The minimum Gasteiger partial charge on any atom is -0.497 e. The molecule has 0 saturated heterocycles. The fourth-order valence-electron chi connectivity index (χ4n) is 3.09. The quantitative estimate of drug-likeness (QED) is 0.632. The number of nitrogens with zero attached hydrogens (tertiary/aromatic N) is 1. The smallest absolute Gasteiger partial charge is 0.253 e. The molecular formula is C23H25N3O3. The molecule has 0 fully saturated rings. The Morgan fingerprint density at radius 1 is 1.10 bits per heavy atom. The summed E-state index contributed by atoms with van der Waals surface area (Å²) in [6.07, 6.45) is 1.29. The van der Waals surface area contributed by atoms with Crippen LogP contribution in [0.2, 0.25) is 0 Å². The van der Waals surface area contributed by atoms with E-state index >= 15 is 0 Å². The molecule has 2 N–H and O–H groups in total. The van der Waals surface area contributed by atoms with E-state index < -0.39 is 0 Å². The van der Waals surface area contributed by atoms with Crippen LogP contribution in [0.15, 0.2) is 48.5 Å². The second kappa shape index (κ2) is 9.19. The maximum absolute atomic E-state index is 12.7. The van der Waals surface area contributed by atoms with Crippen LogP contribution in [-0.2, 0) is 11.3 Å². The summed E-state index contributed by atoms with van der Waals surface area (Å²) in [6, 6.07) is 14.9. The van der Waals surface area contributed by atoms with Gasteiger partial charge in [-0.3, -0.25) is 14.6 Å². The summed E-state index contributed by atoms with van der Waals surface area (Å²) in [5, 5.41) is 6.68. The van der Waals surface area contributed by atoms with E-state index in [1.54, 1.807) is 7.11 Å². The highest BCUT2D eigenvalue weighted by atomic mass is 16.5. The van der Waals surface area contributed by atoms with Gasteiger partial charge in [0.1, 0.15) is 5.75 Å². The molecule has 6 heteroatoms. The number of methoxy groups -OCH3 is 1. The lowest BCUT2D eigenvalue weighted by molar-refractivity contribution is -0.116. The molecule has 150 valence electrons. The third-order valence-corrected chi connectivity index (χ3v) is 4.60. The molecule has 0 aliphatic heterocycles. The Labute approximate surface area is 170 Å². The van der Waals surface area contributed by atoms with E-state index in [4.69, 9.17) is 4.74 Å². The number of carbonyl (C=O) groups is 2. The first-order valence-corrected chi connectivity index (χ1v) is 9.62. The van der Waals surface area contributed by atoms with Gasteiger partial charge < -0.3 is 15.4 Å². The van der Waals surface area contributed by atoms with Crippen molar-refractivity contribution in [1.29, 1.82) is 0 Å². The number of anilines is 1. The highest BCUT2D eigenvalue weighted by molar-refractivity contribution is 5.98. The summed E-state index contributed by atoms with van der Waals surface area (Å²) in [4.78, 5) is 29.0. The molecule has 29 heavy (non-hydrogen) atoms. The first kappa shape index (κ1) is 20.3. The van der Waals surface area contributed by atoms with Crippen molar-refractivity contribution in [2.24, 2.45) is 0 Å². The lowest BCUT2D eigenvalue weighted by Gasteiger charge is -2.11. The lowest BCUT2D eigenvalue weighted by atomic mass is 10.1. The number of pyridine rings is 1. The van der Waals surface area contributed by atoms with Crippen LogP contribution in [0.3, 0.4) is 0 Å². The zero-order valence-electron chi connectivity index (χ0n) is 16.9. The van der Waals surface area contributed by atoms with Gasteiger partial charge in [-0.15, -0.1) is 0 Å². The number of aromatic nitrogens is 1. The fourth-order valence-corrected chi connectivity index (χ4v) is 3.09. The van der Waals surface area contributed by atoms with Crippen LogP contribution in [0.5, 0.6) is 5.75 Å². The van der Waals surface area contributed by atoms with Crippen molar-refractivity contribution in [2.45, 2.75) is 33.2 Å². The lowest BCUT2D eigenvalue weighted by Crippen LogP contribution is -2.24. The number of ether oxygens (including phenoxy) is 1. The molecule has 0 unspecified atom stereocenters. The average molecular weight is 391 g/mol. The van der Waals surface area contributed by atoms with E-state index in [-0.39, 0.29) is 11.8 Å². The third-order valence-electron chi connectivity index (χ3n) is 4.60. The van der Waals surface area contributed by atoms with Crippen LogP contribution in [0, 0.1) is 6.92 Å². The predicted octanol–water partition coefficient (Wildman–Crippen LogP) is 4.22. The number of fused-ring (bicyclic) bond motifs is 1. The van der Waals surface area contributed by atoms with Gasteiger partial charge in [0.2, 0.25) is 5.91 Å². The number of carbonyl (C=O) groups excluding carboxylic acids is 2. The number of benzene rings is 2. The summed E-state index contributed by atoms with van der Waals surface area (Å²) in [5.41, 5.74) is 3.62. The summed E-state index contributed by atoms with van der Waals surface area (Å²) in [5.74, 6) is 0.531. The normalized spacial score (nSPS) is 10.6. The molecule has 2 amide bonds. The Kier molecular flexibility index (Phi) is 6.44. The van der Waals surface area contributed by atoms with Crippen LogP contribution in [0.25, 0.3) is 10.9 Å². The molecule has 0 spiro atoms. The van der Waals surface area contributed by atoms with Gasteiger partial charge in [0.25, 0.3) is 5.91 Å². The highest BCUT2D eigenvalue weighted by Gasteiger charge is 2.12. The van der Waals surface area contributed by atoms with Crippen LogP contribution in [0.1, 0.15) is 41.4 Å². The van der Waals surface area contributed by atoms with Crippen LogP contribution in [0.4, 0.5) is 5.69 Å². The summed E-state index contributed by atoms with van der Waals surface area (Å²) in [6.45, 7) is 4.14. The van der Waals surface area contributed by atoms with E-state index in [1.165, 1.54) is 0 Å². The molecule has 6 nitrogen and oxygen atoms in total. The van der Waals surface area contributed by atoms with Gasteiger partial charge in [-0.1, -0.05) is 19.1 Å². The van der Waals surface area contributed by atoms with Crippen molar-refractivity contribution in [3.8, 4) is 5.75 Å². The van der Waals surface area contributed by atoms with Crippen molar-refractivity contribution in [1.82, 2.24) is 10.3 Å². The van der Waals surface area contributed by atoms with Gasteiger partial charge in [0.15, 0.2) is 0 Å². The van der Waals surface area contributed by atoms with Gasteiger partial charge in [-0.25, -0.2) is 0 Å². The molecule has 0 bridgehead atoms.